The molecule has 29 heavy (non-hydrogen) atoms. The number of halogens is 4. The van der Waals surface area contributed by atoms with Gasteiger partial charge in [0.15, 0.2) is 4.75 Å². The molecule has 3 aromatic rings. The molecular formula is C19H12Cl4O5S. The lowest BCUT2D eigenvalue weighted by Gasteiger charge is -2.34. The molecule has 0 aliphatic carbocycles. The largest absolute Gasteiger partial charge is 0.508 e. The van der Waals surface area contributed by atoms with Gasteiger partial charge in [0.05, 0.1) is 10.0 Å². The minimum absolute atomic E-state index is 0.0368. The monoisotopic (exact) mass is 492 g/mol. The molecule has 1 unspecified atom stereocenters. The highest BCUT2D eigenvalue weighted by Gasteiger charge is 2.51. The highest BCUT2D eigenvalue weighted by atomic mass is 35.5. The van der Waals surface area contributed by atoms with E-state index in [4.69, 9.17) is 46.4 Å². The van der Waals surface area contributed by atoms with Crippen molar-refractivity contribution in [1.82, 2.24) is 0 Å². The van der Waals surface area contributed by atoms with Crippen molar-refractivity contribution in [2.45, 2.75) is 4.75 Å². The maximum absolute atomic E-state index is 13.0. The molecule has 3 N–H and O–H groups in total. The van der Waals surface area contributed by atoms with Gasteiger partial charge in [0, 0.05) is 27.2 Å². The first-order chi connectivity index (χ1) is 13.5. The minimum atomic E-state index is -5.11. The zero-order valence-corrected chi connectivity index (χ0v) is 18.1. The Labute approximate surface area is 186 Å². The van der Waals surface area contributed by atoms with E-state index in [1.54, 1.807) is 0 Å². The van der Waals surface area contributed by atoms with Gasteiger partial charge in [-0.15, -0.1) is 0 Å². The van der Waals surface area contributed by atoms with Gasteiger partial charge >= 0.3 is 0 Å². The van der Waals surface area contributed by atoms with E-state index in [2.05, 4.69) is 0 Å². The Morgan fingerprint density at radius 3 is 2.03 bits per heavy atom. The summed E-state index contributed by atoms with van der Waals surface area (Å²) in [7, 11) is -5.11. The predicted molar refractivity (Wildman–Crippen MR) is 114 cm³/mol. The van der Waals surface area contributed by atoms with Crippen LogP contribution in [0.3, 0.4) is 0 Å². The maximum atomic E-state index is 13.0. The number of phenols is 2. The molecule has 152 valence electrons. The van der Waals surface area contributed by atoms with Crippen LogP contribution in [0.15, 0.2) is 54.6 Å². The fourth-order valence-electron chi connectivity index (χ4n) is 3.19. The zero-order chi connectivity index (χ0) is 21.6. The quantitative estimate of drug-likeness (QED) is 0.311. The summed E-state index contributed by atoms with van der Waals surface area (Å²) in [5, 5.41) is 20.5. The van der Waals surface area contributed by atoms with Gasteiger partial charge in [-0.25, -0.2) is 0 Å². The summed E-state index contributed by atoms with van der Waals surface area (Å²) in [5.41, 5.74) is -0.601. The molecule has 0 fully saturated rings. The van der Waals surface area contributed by atoms with Gasteiger partial charge < -0.3 is 10.2 Å². The molecule has 5 nitrogen and oxygen atoms in total. The second kappa shape index (κ2) is 7.87. The van der Waals surface area contributed by atoms with E-state index in [-0.39, 0.29) is 42.5 Å². The van der Waals surface area contributed by atoms with E-state index in [0.29, 0.717) is 0 Å². The van der Waals surface area contributed by atoms with Gasteiger partial charge in [0.2, 0.25) is 0 Å². The highest BCUT2D eigenvalue weighted by molar-refractivity contribution is 7.87. The van der Waals surface area contributed by atoms with Crippen molar-refractivity contribution < 1.29 is 23.2 Å². The summed E-state index contributed by atoms with van der Waals surface area (Å²) in [4.78, 5) is 0. The molecule has 0 amide bonds. The van der Waals surface area contributed by atoms with E-state index in [0.717, 1.165) is 18.2 Å². The first-order valence-corrected chi connectivity index (χ1v) is 10.8. The topological polar surface area (TPSA) is 94.8 Å². The average molecular weight is 494 g/mol. The Kier molecular flexibility index (Phi) is 5.98. The Morgan fingerprint density at radius 1 is 0.759 bits per heavy atom. The number of rotatable bonds is 4. The molecule has 1 atom stereocenters. The molecule has 0 aromatic heterocycles. The molecule has 0 radical (unpaired) electrons. The van der Waals surface area contributed by atoms with E-state index >= 15 is 0 Å². The van der Waals surface area contributed by atoms with Crippen LogP contribution in [0, 0.1) is 0 Å². The van der Waals surface area contributed by atoms with Crippen LogP contribution in [0.25, 0.3) is 0 Å². The molecule has 10 heteroatoms. The van der Waals surface area contributed by atoms with Crippen LogP contribution in [-0.4, -0.2) is 23.2 Å². The Balaban J connectivity index is 2.63. The van der Waals surface area contributed by atoms with Crippen molar-refractivity contribution in [2.24, 2.45) is 0 Å². The van der Waals surface area contributed by atoms with Crippen LogP contribution in [0.4, 0.5) is 0 Å². The molecule has 0 heterocycles. The van der Waals surface area contributed by atoms with Crippen LogP contribution < -0.4 is 0 Å². The molecule has 0 aliphatic heterocycles. The van der Waals surface area contributed by atoms with Crippen molar-refractivity contribution in [3.63, 3.8) is 0 Å². The van der Waals surface area contributed by atoms with Gasteiger partial charge in [-0.3, -0.25) is 4.55 Å². The predicted octanol–water partition coefficient (Wildman–Crippen LogP) is 5.89. The molecule has 3 rings (SSSR count). The summed E-state index contributed by atoms with van der Waals surface area (Å²) in [5.74, 6) is -0.857. The van der Waals surface area contributed by atoms with Gasteiger partial charge in [-0.1, -0.05) is 58.5 Å². The lowest BCUT2D eigenvalue weighted by atomic mass is 9.83. The van der Waals surface area contributed by atoms with Crippen molar-refractivity contribution in [1.29, 1.82) is 0 Å². The molecule has 0 spiro atoms. The lowest BCUT2D eigenvalue weighted by Crippen LogP contribution is -2.38. The SMILES string of the molecule is O=S(=O)(O)C(c1cccc(O)c1)(c1cc(Cl)c(Cl)cc1O)c1cc(Cl)ccc1Cl. The number of hydrogen-bond acceptors (Lipinski definition) is 4. The van der Waals surface area contributed by atoms with Crippen LogP contribution in [0.1, 0.15) is 16.7 Å². The van der Waals surface area contributed by atoms with E-state index in [1.807, 2.05) is 0 Å². The molecule has 0 saturated heterocycles. The Morgan fingerprint density at radius 2 is 1.41 bits per heavy atom. The standard InChI is InChI=1S/C19H12Cl4O5S/c20-11-4-5-15(21)13(7-11)19(29(26,27)28,10-2-1-3-12(24)6-10)14-8-16(22)17(23)9-18(14)25/h1-9,24-25H,(H,26,27,28). The molecule has 0 bridgehead atoms. The van der Waals surface area contributed by atoms with Gasteiger partial charge in [-0.05, 0) is 42.0 Å². The fourth-order valence-corrected chi connectivity index (χ4v) is 5.32. The Hall–Kier alpha value is -1.67. The third-order valence-corrected chi connectivity index (χ3v) is 7.10. The molecule has 0 saturated carbocycles. The normalized spacial score (nSPS) is 13.8. The lowest BCUT2D eigenvalue weighted by molar-refractivity contribution is 0.439. The Bertz CT molecular complexity index is 1210. The summed E-state index contributed by atoms with van der Waals surface area (Å²) in [6.07, 6.45) is 0. The minimum Gasteiger partial charge on any atom is -0.508 e. The number of hydrogen-bond donors (Lipinski definition) is 3. The highest BCUT2D eigenvalue weighted by Crippen LogP contribution is 2.51. The third-order valence-electron chi connectivity index (χ3n) is 4.37. The number of aromatic hydroxyl groups is 2. The molecule has 3 aromatic carbocycles. The van der Waals surface area contributed by atoms with E-state index in [1.165, 1.54) is 36.4 Å². The second-order valence-electron chi connectivity index (χ2n) is 6.11. The maximum Gasteiger partial charge on any atom is 0.283 e. The van der Waals surface area contributed by atoms with Crippen LogP contribution in [0.2, 0.25) is 20.1 Å². The van der Waals surface area contributed by atoms with Crippen LogP contribution >= 0.6 is 46.4 Å². The van der Waals surface area contributed by atoms with E-state index in [9.17, 15) is 23.2 Å². The van der Waals surface area contributed by atoms with Gasteiger partial charge in [-0.2, -0.15) is 8.42 Å². The first kappa shape index (κ1) is 22.0. The summed E-state index contributed by atoms with van der Waals surface area (Å²) in [6, 6.07) is 11.3. The second-order valence-corrected chi connectivity index (χ2v) is 9.33. The van der Waals surface area contributed by atoms with Gasteiger partial charge in [0.1, 0.15) is 11.5 Å². The summed E-state index contributed by atoms with van der Waals surface area (Å²) >= 11 is 24.4. The molecule has 0 aliphatic rings. The van der Waals surface area contributed by atoms with Crippen molar-refractivity contribution in [2.75, 3.05) is 0 Å². The van der Waals surface area contributed by atoms with Crippen molar-refractivity contribution >= 4 is 56.5 Å². The summed E-state index contributed by atoms with van der Waals surface area (Å²) < 4.78 is 33.9. The average Bonchev–Trinajstić information content (AvgIpc) is 2.61. The zero-order valence-electron chi connectivity index (χ0n) is 14.3. The smallest absolute Gasteiger partial charge is 0.283 e. The number of phenolic OH excluding ortho intramolecular Hbond substituents is 2. The fraction of sp³-hybridized carbons (Fsp3) is 0.0526. The summed E-state index contributed by atoms with van der Waals surface area (Å²) in [6.45, 7) is 0. The van der Waals surface area contributed by atoms with Crippen molar-refractivity contribution in [3.05, 3.63) is 91.4 Å². The number of benzene rings is 3. The van der Waals surface area contributed by atoms with Crippen LogP contribution in [-0.2, 0) is 14.9 Å². The molecular weight excluding hydrogens is 482 g/mol. The van der Waals surface area contributed by atoms with Gasteiger partial charge in [0.25, 0.3) is 10.1 Å². The van der Waals surface area contributed by atoms with Crippen molar-refractivity contribution in [3.8, 4) is 11.5 Å². The van der Waals surface area contributed by atoms with E-state index < -0.39 is 20.6 Å². The third kappa shape index (κ3) is 3.77. The first-order valence-electron chi connectivity index (χ1n) is 7.89. The van der Waals surface area contributed by atoms with Crippen LogP contribution in [0.5, 0.6) is 11.5 Å².